The number of benzene rings is 1. The van der Waals surface area contributed by atoms with E-state index in [1.807, 2.05) is 12.2 Å². The van der Waals surface area contributed by atoms with Gasteiger partial charge in [-0.05, 0) is 24.6 Å². The summed E-state index contributed by atoms with van der Waals surface area (Å²) in [6.45, 7) is 2.45. The number of carbonyl (C=O) groups excluding carboxylic acids is 1. The number of primary sulfonamides is 1. The van der Waals surface area contributed by atoms with Crippen molar-refractivity contribution in [1.82, 2.24) is 4.90 Å². The first-order valence-electron chi connectivity index (χ1n) is 7.14. The van der Waals surface area contributed by atoms with Gasteiger partial charge in [-0.2, -0.15) is 0 Å². The molecule has 0 aliphatic carbocycles. The molecule has 0 unspecified atom stereocenters. The quantitative estimate of drug-likeness (QED) is 0.841. The molecular formula is C15H19FN2O3S. The summed E-state index contributed by atoms with van der Waals surface area (Å²) in [4.78, 5) is 13.8. The van der Waals surface area contributed by atoms with Gasteiger partial charge in [-0.1, -0.05) is 31.9 Å². The number of amides is 1. The third-order valence-electron chi connectivity index (χ3n) is 3.67. The van der Waals surface area contributed by atoms with Gasteiger partial charge >= 0.3 is 0 Å². The van der Waals surface area contributed by atoms with E-state index in [9.17, 15) is 17.6 Å². The van der Waals surface area contributed by atoms with Gasteiger partial charge in [0.15, 0.2) is 0 Å². The van der Waals surface area contributed by atoms with Gasteiger partial charge in [0.1, 0.15) is 5.82 Å². The maximum atomic E-state index is 13.9. The molecule has 1 amide bonds. The molecule has 0 spiro atoms. The highest BCUT2D eigenvalue weighted by Gasteiger charge is 2.27. The highest BCUT2D eigenvalue weighted by molar-refractivity contribution is 7.89. The molecule has 1 aromatic rings. The summed E-state index contributed by atoms with van der Waals surface area (Å²) in [5, 5.41) is 5.03. The number of nitrogens with zero attached hydrogens (tertiary/aromatic N) is 1. The zero-order chi connectivity index (χ0) is 16.3. The second kappa shape index (κ2) is 6.58. The fourth-order valence-electron chi connectivity index (χ4n) is 2.47. The Morgan fingerprint density at radius 3 is 2.82 bits per heavy atom. The van der Waals surface area contributed by atoms with Crippen molar-refractivity contribution < 1.29 is 17.6 Å². The maximum Gasteiger partial charge on any atom is 0.257 e. The lowest BCUT2D eigenvalue weighted by Gasteiger charge is -2.25. The van der Waals surface area contributed by atoms with Crippen LogP contribution in [0.5, 0.6) is 0 Å². The normalized spacial score (nSPS) is 18.0. The van der Waals surface area contributed by atoms with E-state index < -0.39 is 21.7 Å². The van der Waals surface area contributed by atoms with Gasteiger partial charge in [0.05, 0.1) is 16.5 Å². The van der Waals surface area contributed by atoms with Crippen LogP contribution >= 0.6 is 0 Å². The number of hydrogen-bond acceptors (Lipinski definition) is 3. The fraction of sp³-hybridized carbons (Fsp3) is 0.400. The van der Waals surface area contributed by atoms with Crippen LogP contribution in [-0.2, 0) is 10.0 Å². The second-order valence-corrected chi connectivity index (χ2v) is 6.84. The third kappa shape index (κ3) is 3.53. The van der Waals surface area contributed by atoms with Crippen LogP contribution in [-0.4, -0.2) is 31.8 Å². The van der Waals surface area contributed by atoms with Gasteiger partial charge in [-0.25, -0.2) is 17.9 Å². The van der Waals surface area contributed by atoms with Crippen molar-refractivity contribution in [2.75, 3.05) is 6.54 Å². The molecular weight excluding hydrogens is 307 g/mol. The van der Waals surface area contributed by atoms with Gasteiger partial charge < -0.3 is 4.90 Å². The maximum absolute atomic E-state index is 13.9. The van der Waals surface area contributed by atoms with E-state index in [-0.39, 0.29) is 16.5 Å². The van der Waals surface area contributed by atoms with Crippen LogP contribution < -0.4 is 5.14 Å². The number of hydrogen-bond donors (Lipinski definition) is 1. The van der Waals surface area contributed by atoms with Gasteiger partial charge in [-0.3, -0.25) is 4.79 Å². The average molecular weight is 326 g/mol. The molecule has 0 fully saturated rings. The highest BCUT2D eigenvalue weighted by Crippen LogP contribution is 2.22. The average Bonchev–Trinajstić information content (AvgIpc) is 2.92. The second-order valence-electron chi connectivity index (χ2n) is 5.28. The zero-order valence-electron chi connectivity index (χ0n) is 12.3. The molecule has 1 aromatic carbocycles. The standard InChI is InChI=1S/C15H19FN2O3S/c1-2-3-5-11-6-4-9-18(11)15(19)13-10-12(22(17,20)21)7-8-14(13)16/h4,6-8,10-11H,2-3,5,9H2,1H3,(H2,17,20,21)/t11-/m0/s1. The molecule has 1 aliphatic rings. The van der Waals surface area contributed by atoms with Crippen LogP contribution in [0.3, 0.4) is 0 Å². The Hall–Kier alpha value is -1.73. The molecule has 1 atom stereocenters. The van der Waals surface area contributed by atoms with Crippen molar-refractivity contribution in [3.63, 3.8) is 0 Å². The summed E-state index contributed by atoms with van der Waals surface area (Å²) in [5.41, 5.74) is -0.267. The van der Waals surface area contributed by atoms with Gasteiger partial charge in [0, 0.05) is 6.54 Å². The number of carbonyl (C=O) groups is 1. The van der Waals surface area contributed by atoms with Gasteiger partial charge in [0.25, 0.3) is 5.91 Å². The molecule has 2 N–H and O–H groups in total. The predicted molar refractivity (Wildman–Crippen MR) is 81.3 cm³/mol. The topological polar surface area (TPSA) is 80.5 Å². The molecule has 0 saturated carbocycles. The van der Waals surface area contributed by atoms with E-state index in [1.54, 1.807) is 4.90 Å². The van der Waals surface area contributed by atoms with Crippen LogP contribution in [0.4, 0.5) is 4.39 Å². The van der Waals surface area contributed by atoms with Gasteiger partial charge in [0.2, 0.25) is 10.0 Å². The van der Waals surface area contributed by atoms with Crippen LogP contribution in [0.2, 0.25) is 0 Å². The fourth-order valence-corrected chi connectivity index (χ4v) is 3.01. The number of sulfonamides is 1. The first-order valence-corrected chi connectivity index (χ1v) is 8.69. The molecule has 2 rings (SSSR count). The summed E-state index contributed by atoms with van der Waals surface area (Å²) in [5.74, 6) is -1.27. The summed E-state index contributed by atoms with van der Waals surface area (Å²) in [6.07, 6.45) is 6.55. The zero-order valence-corrected chi connectivity index (χ0v) is 13.1. The van der Waals surface area contributed by atoms with E-state index in [0.717, 1.165) is 37.5 Å². The molecule has 120 valence electrons. The molecule has 22 heavy (non-hydrogen) atoms. The largest absolute Gasteiger partial charge is 0.328 e. The Balaban J connectivity index is 2.29. The Labute approximate surface area is 129 Å². The van der Waals surface area contributed by atoms with Crippen LogP contribution in [0.25, 0.3) is 0 Å². The molecule has 0 saturated heterocycles. The van der Waals surface area contributed by atoms with Crippen LogP contribution in [0, 0.1) is 5.82 Å². The van der Waals surface area contributed by atoms with E-state index in [1.165, 1.54) is 0 Å². The summed E-state index contributed by atoms with van der Waals surface area (Å²) < 4.78 is 36.7. The molecule has 7 heteroatoms. The molecule has 5 nitrogen and oxygen atoms in total. The minimum atomic E-state index is -3.98. The third-order valence-corrected chi connectivity index (χ3v) is 4.58. The number of unbranched alkanes of at least 4 members (excludes halogenated alkanes) is 1. The first kappa shape index (κ1) is 16.6. The van der Waals surface area contributed by atoms with Crippen molar-refractivity contribution in [3.05, 3.63) is 41.7 Å². The van der Waals surface area contributed by atoms with Crippen LogP contribution in [0.15, 0.2) is 35.2 Å². The lowest BCUT2D eigenvalue weighted by atomic mass is 10.1. The lowest BCUT2D eigenvalue weighted by molar-refractivity contribution is 0.0738. The lowest BCUT2D eigenvalue weighted by Crippen LogP contribution is -2.36. The number of halogens is 1. The molecule has 0 radical (unpaired) electrons. The van der Waals surface area contributed by atoms with Crippen molar-refractivity contribution in [2.45, 2.75) is 37.1 Å². The minimum Gasteiger partial charge on any atom is -0.328 e. The van der Waals surface area contributed by atoms with Crippen LogP contribution in [0.1, 0.15) is 36.5 Å². The summed E-state index contributed by atoms with van der Waals surface area (Å²) in [7, 11) is -3.98. The number of nitrogens with two attached hydrogens (primary N) is 1. The Morgan fingerprint density at radius 1 is 1.45 bits per heavy atom. The monoisotopic (exact) mass is 326 g/mol. The Bertz CT molecular complexity index is 701. The van der Waals surface area contributed by atoms with E-state index in [0.29, 0.717) is 6.54 Å². The molecule has 0 aromatic heterocycles. The van der Waals surface area contributed by atoms with E-state index >= 15 is 0 Å². The summed E-state index contributed by atoms with van der Waals surface area (Å²) >= 11 is 0. The number of rotatable bonds is 5. The highest BCUT2D eigenvalue weighted by atomic mass is 32.2. The molecule has 1 aliphatic heterocycles. The van der Waals surface area contributed by atoms with Gasteiger partial charge in [-0.15, -0.1) is 0 Å². The van der Waals surface area contributed by atoms with E-state index in [2.05, 4.69) is 6.92 Å². The van der Waals surface area contributed by atoms with Crippen molar-refractivity contribution >= 4 is 15.9 Å². The predicted octanol–water partition coefficient (Wildman–Crippen LogP) is 2.04. The molecule has 1 heterocycles. The SMILES string of the molecule is CCCC[C@H]1C=CCN1C(=O)c1cc(S(N)(=O)=O)ccc1F. The Morgan fingerprint density at radius 2 is 2.18 bits per heavy atom. The molecule has 0 bridgehead atoms. The Kier molecular flexibility index (Phi) is 4.97. The summed E-state index contributed by atoms with van der Waals surface area (Å²) in [6, 6.07) is 2.93. The minimum absolute atomic E-state index is 0.0787. The smallest absolute Gasteiger partial charge is 0.257 e. The van der Waals surface area contributed by atoms with Crippen molar-refractivity contribution in [2.24, 2.45) is 5.14 Å². The van der Waals surface area contributed by atoms with Crippen molar-refractivity contribution in [3.8, 4) is 0 Å². The van der Waals surface area contributed by atoms with E-state index in [4.69, 9.17) is 5.14 Å². The van der Waals surface area contributed by atoms with Crippen molar-refractivity contribution in [1.29, 1.82) is 0 Å². The first-order chi connectivity index (χ1) is 10.3.